The third kappa shape index (κ3) is 2.86. The SMILES string of the molecule is CCCC(c1ccccc1)C(O)(CC)C(=O)O. The zero-order valence-electron chi connectivity index (χ0n) is 10.4. The minimum absolute atomic E-state index is 0.210. The third-order valence-electron chi connectivity index (χ3n) is 3.27. The lowest BCUT2D eigenvalue weighted by atomic mass is 9.77. The lowest BCUT2D eigenvalue weighted by Crippen LogP contribution is -2.44. The number of aliphatic hydroxyl groups is 1. The number of hydrogen-bond acceptors (Lipinski definition) is 2. The van der Waals surface area contributed by atoms with E-state index in [4.69, 9.17) is 0 Å². The third-order valence-corrected chi connectivity index (χ3v) is 3.27. The van der Waals surface area contributed by atoms with Gasteiger partial charge in [0.25, 0.3) is 0 Å². The number of carboxylic acids is 1. The van der Waals surface area contributed by atoms with Crippen LogP contribution in [0.3, 0.4) is 0 Å². The molecule has 17 heavy (non-hydrogen) atoms. The van der Waals surface area contributed by atoms with E-state index in [1.807, 2.05) is 37.3 Å². The van der Waals surface area contributed by atoms with Gasteiger partial charge >= 0.3 is 5.97 Å². The molecular formula is C14H20O3. The van der Waals surface area contributed by atoms with Gasteiger partial charge in [0, 0.05) is 5.92 Å². The van der Waals surface area contributed by atoms with Gasteiger partial charge in [0.05, 0.1) is 0 Å². The highest BCUT2D eigenvalue weighted by atomic mass is 16.4. The number of carbonyl (C=O) groups is 1. The number of rotatable bonds is 6. The standard InChI is InChI=1S/C14H20O3/c1-3-8-12(11-9-6-5-7-10-11)14(17,4-2)13(15)16/h5-7,9-10,12,17H,3-4,8H2,1-2H3,(H,15,16). The van der Waals surface area contributed by atoms with Gasteiger partial charge in [-0.1, -0.05) is 50.6 Å². The molecule has 2 unspecified atom stereocenters. The Morgan fingerprint density at radius 3 is 2.29 bits per heavy atom. The zero-order valence-corrected chi connectivity index (χ0v) is 10.4. The van der Waals surface area contributed by atoms with Crippen LogP contribution in [0.25, 0.3) is 0 Å². The Morgan fingerprint density at radius 2 is 1.88 bits per heavy atom. The van der Waals surface area contributed by atoms with Crippen LogP contribution in [0.15, 0.2) is 30.3 Å². The quantitative estimate of drug-likeness (QED) is 0.798. The summed E-state index contributed by atoms with van der Waals surface area (Å²) in [6, 6.07) is 9.39. The van der Waals surface area contributed by atoms with E-state index in [1.165, 1.54) is 0 Å². The Bertz CT molecular complexity index is 361. The summed E-state index contributed by atoms with van der Waals surface area (Å²) < 4.78 is 0. The van der Waals surface area contributed by atoms with Gasteiger partial charge in [-0.15, -0.1) is 0 Å². The Morgan fingerprint density at radius 1 is 1.29 bits per heavy atom. The summed E-state index contributed by atoms with van der Waals surface area (Å²) in [6.45, 7) is 3.70. The molecule has 0 saturated heterocycles. The van der Waals surface area contributed by atoms with E-state index in [-0.39, 0.29) is 12.3 Å². The van der Waals surface area contributed by atoms with Crippen molar-refractivity contribution < 1.29 is 15.0 Å². The molecule has 0 fully saturated rings. The highest BCUT2D eigenvalue weighted by Gasteiger charge is 2.42. The summed E-state index contributed by atoms with van der Waals surface area (Å²) in [5.41, 5.74) is -0.779. The molecule has 0 heterocycles. The molecule has 0 spiro atoms. The van der Waals surface area contributed by atoms with Crippen LogP contribution in [-0.2, 0) is 4.79 Å². The summed E-state index contributed by atoms with van der Waals surface area (Å²) in [6.07, 6.45) is 1.72. The van der Waals surface area contributed by atoms with Crippen LogP contribution in [0.4, 0.5) is 0 Å². The second-order valence-corrected chi connectivity index (χ2v) is 4.33. The number of hydrogen-bond donors (Lipinski definition) is 2. The predicted molar refractivity (Wildman–Crippen MR) is 67.0 cm³/mol. The molecule has 1 aromatic carbocycles. The fourth-order valence-corrected chi connectivity index (χ4v) is 2.20. The summed E-state index contributed by atoms with van der Waals surface area (Å²) in [4.78, 5) is 11.3. The van der Waals surface area contributed by atoms with Crippen molar-refractivity contribution in [1.82, 2.24) is 0 Å². The first-order chi connectivity index (χ1) is 8.06. The Hall–Kier alpha value is -1.35. The largest absolute Gasteiger partial charge is 0.479 e. The van der Waals surface area contributed by atoms with Crippen LogP contribution in [0.1, 0.15) is 44.6 Å². The fraction of sp³-hybridized carbons (Fsp3) is 0.500. The van der Waals surface area contributed by atoms with E-state index < -0.39 is 11.6 Å². The highest BCUT2D eigenvalue weighted by Crippen LogP contribution is 2.35. The molecule has 3 nitrogen and oxygen atoms in total. The molecule has 0 saturated carbocycles. The second kappa shape index (κ2) is 5.82. The molecule has 0 aliphatic heterocycles. The summed E-state index contributed by atoms with van der Waals surface area (Å²) in [5.74, 6) is -1.49. The van der Waals surface area contributed by atoms with Crippen LogP contribution in [0.2, 0.25) is 0 Å². The number of aliphatic carboxylic acids is 1. The molecule has 0 radical (unpaired) electrons. The summed E-state index contributed by atoms with van der Waals surface area (Å²) in [5, 5.41) is 19.6. The Balaban J connectivity index is 3.12. The maximum Gasteiger partial charge on any atom is 0.336 e. The first-order valence-electron chi connectivity index (χ1n) is 6.07. The molecule has 94 valence electrons. The van der Waals surface area contributed by atoms with E-state index in [0.29, 0.717) is 6.42 Å². The maximum absolute atomic E-state index is 11.3. The van der Waals surface area contributed by atoms with E-state index >= 15 is 0 Å². The van der Waals surface area contributed by atoms with Crippen molar-refractivity contribution in [3.8, 4) is 0 Å². The van der Waals surface area contributed by atoms with Gasteiger partial charge in [-0.25, -0.2) is 4.79 Å². The summed E-state index contributed by atoms with van der Waals surface area (Å²) in [7, 11) is 0. The normalized spacial score (nSPS) is 16.2. The molecule has 0 aromatic heterocycles. The molecule has 0 aliphatic rings. The minimum atomic E-state index is -1.67. The minimum Gasteiger partial charge on any atom is -0.479 e. The molecule has 1 aromatic rings. The number of benzene rings is 1. The average molecular weight is 236 g/mol. The Labute approximate surface area is 102 Å². The van der Waals surface area contributed by atoms with E-state index in [0.717, 1.165) is 12.0 Å². The van der Waals surface area contributed by atoms with E-state index in [2.05, 4.69) is 0 Å². The highest BCUT2D eigenvalue weighted by molar-refractivity contribution is 5.78. The van der Waals surface area contributed by atoms with Crippen LogP contribution in [0.5, 0.6) is 0 Å². The average Bonchev–Trinajstić information content (AvgIpc) is 2.36. The molecule has 0 aliphatic carbocycles. The van der Waals surface area contributed by atoms with Crippen LogP contribution >= 0.6 is 0 Å². The van der Waals surface area contributed by atoms with Crippen molar-refractivity contribution in [3.63, 3.8) is 0 Å². The molecule has 1 rings (SSSR count). The van der Waals surface area contributed by atoms with Crippen molar-refractivity contribution in [3.05, 3.63) is 35.9 Å². The monoisotopic (exact) mass is 236 g/mol. The van der Waals surface area contributed by atoms with Crippen molar-refractivity contribution in [2.24, 2.45) is 0 Å². The predicted octanol–water partition coefficient (Wildman–Crippen LogP) is 2.80. The lowest BCUT2D eigenvalue weighted by molar-refractivity contribution is -0.162. The smallest absolute Gasteiger partial charge is 0.336 e. The molecule has 2 atom stereocenters. The van der Waals surface area contributed by atoms with Crippen LogP contribution in [0, 0.1) is 0 Å². The van der Waals surface area contributed by atoms with E-state index in [1.54, 1.807) is 6.92 Å². The first-order valence-corrected chi connectivity index (χ1v) is 6.07. The van der Waals surface area contributed by atoms with Gasteiger partial charge in [-0.3, -0.25) is 0 Å². The van der Waals surface area contributed by atoms with Gasteiger partial charge in [0.15, 0.2) is 5.60 Å². The van der Waals surface area contributed by atoms with Gasteiger partial charge in [0.2, 0.25) is 0 Å². The van der Waals surface area contributed by atoms with Gasteiger partial charge < -0.3 is 10.2 Å². The molecule has 0 amide bonds. The van der Waals surface area contributed by atoms with Gasteiger partial charge in [-0.05, 0) is 18.4 Å². The zero-order chi connectivity index (χ0) is 12.9. The van der Waals surface area contributed by atoms with Crippen LogP contribution < -0.4 is 0 Å². The fourth-order valence-electron chi connectivity index (χ4n) is 2.20. The lowest BCUT2D eigenvalue weighted by Gasteiger charge is -2.32. The van der Waals surface area contributed by atoms with Crippen molar-refractivity contribution in [2.45, 2.75) is 44.6 Å². The Kier molecular flexibility index (Phi) is 4.70. The van der Waals surface area contributed by atoms with Gasteiger partial charge in [0.1, 0.15) is 0 Å². The van der Waals surface area contributed by atoms with Crippen molar-refractivity contribution in [1.29, 1.82) is 0 Å². The molecule has 0 bridgehead atoms. The summed E-state index contributed by atoms with van der Waals surface area (Å²) >= 11 is 0. The van der Waals surface area contributed by atoms with Crippen molar-refractivity contribution in [2.75, 3.05) is 0 Å². The maximum atomic E-state index is 11.3. The molecular weight excluding hydrogens is 216 g/mol. The molecule has 3 heteroatoms. The second-order valence-electron chi connectivity index (χ2n) is 4.33. The van der Waals surface area contributed by atoms with Crippen LogP contribution in [-0.4, -0.2) is 21.8 Å². The molecule has 2 N–H and O–H groups in total. The van der Waals surface area contributed by atoms with Crippen molar-refractivity contribution >= 4 is 5.97 Å². The van der Waals surface area contributed by atoms with Gasteiger partial charge in [-0.2, -0.15) is 0 Å². The first kappa shape index (κ1) is 13.7. The van der Waals surface area contributed by atoms with E-state index in [9.17, 15) is 15.0 Å². The number of carboxylic acid groups (broad SMARTS) is 1. The topological polar surface area (TPSA) is 57.5 Å².